The summed E-state index contributed by atoms with van der Waals surface area (Å²) < 4.78 is 1.06. The van der Waals surface area contributed by atoms with Crippen LogP contribution in [-0.4, -0.2) is 43.0 Å². The number of nitrogens with zero attached hydrogens (tertiary/aromatic N) is 1. The Morgan fingerprint density at radius 1 is 1.50 bits per heavy atom. The zero-order chi connectivity index (χ0) is 15.2. The number of rotatable bonds is 6. The fourth-order valence-corrected chi connectivity index (χ4v) is 2.98. The van der Waals surface area contributed by atoms with Crippen molar-refractivity contribution in [3.8, 4) is 0 Å². The Morgan fingerprint density at radius 2 is 2.27 bits per heavy atom. The molecule has 0 aliphatic carbocycles. The summed E-state index contributed by atoms with van der Waals surface area (Å²) in [7, 11) is 0. The van der Waals surface area contributed by atoms with Gasteiger partial charge in [-0.3, -0.25) is 9.69 Å². The Bertz CT molecular complexity index is 492. The van der Waals surface area contributed by atoms with E-state index in [-0.39, 0.29) is 18.3 Å². The molecule has 1 unspecified atom stereocenters. The fraction of sp³-hybridized carbons (Fsp3) is 0.562. The van der Waals surface area contributed by atoms with Gasteiger partial charge in [0, 0.05) is 22.7 Å². The van der Waals surface area contributed by atoms with Crippen LogP contribution in [0.2, 0.25) is 0 Å². The molecule has 1 heterocycles. The highest BCUT2D eigenvalue weighted by Gasteiger charge is 2.23. The molecule has 6 heteroatoms. The predicted molar refractivity (Wildman–Crippen MR) is 97.9 cm³/mol. The van der Waals surface area contributed by atoms with Crippen LogP contribution < -0.4 is 10.6 Å². The molecule has 4 nitrogen and oxygen atoms in total. The van der Waals surface area contributed by atoms with E-state index >= 15 is 0 Å². The van der Waals surface area contributed by atoms with Crippen molar-refractivity contribution in [1.29, 1.82) is 0 Å². The smallest absolute Gasteiger partial charge is 0.238 e. The first-order valence-electron chi connectivity index (χ1n) is 7.61. The molecule has 0 aromatic heterocycles. The lowest BCUT2D eigenvalue weighted by Crippen LogP contribution is -2.42. The van der Waals surface area contributed by atoms with Crippen LogP contribution in [0.15, 0.2) is 22.7 Å². The lowest BCUT2D eigenvalue weighted by molar-refractivity contribution is -0.117. The monoisotopic (exact) mass is 389 g/mol. The molecule has 1 aromatic carbocycles. The minimum Gasteiger partial charge on any atom is -0.325 e. The van der Waals surface area contributed by atoms with Crippen LogP contribution in [0.5, 0.6) is 0 Å². The number of anilines is 1. The number of hydrogen-bond donors (Lipinski definition) is 2. The molecule has 1 atom stereocenters. The molecule has 1 fully saturated rings. The van der Waals surface area contributed by atoms with Crippen molar-refractivity contribution >= 4 is 39.9 Å². The van der Waals surface area contributed by atoms with Gasteiger partial charge in [-0.25, -0.2) is 0 Å². The van der Waals surface area contributed by atoms with Crippen molar-refractivity contribution in [2.75, 3.05) is 31.5 Å². The minimum absolute atomic E-state index is 0. The maximum absolute atomic E-state index is 12.3. The molecule has 0 radical (unpaired) electrons. The normalized spacial score (nSPS) is 17.4. The minimum atomic E-state index is 0. The quantitative estimate of drug-likeness (QED) is 0.784. The molecule has 0 bridgehead atoms. The highest BCUT2D eigenvalue weighted by atomic mass is 79.9. The summed E-state index contributed by atoms with van der Waals surface area (Å²) >= 11 is 3.47. The molecule has 1 aliphatic rings. The average molecular weight is 391 g/mol. The van der Waals surface area contributed by atoms with Crippen molar-refractivity contribution < 1.29 is 4.79 Å². The highest BCUT2D eigenvalue weighted by molar-refractivity contribution is 9.10. The van der Waals surface area contributed by atoms with E-state index in [0.29, 0.717) is 12.6 Å². The van der Waals surface area contributed by atoms with Crippen LogP contribution in [-0.2, 0) is 4.79 Å². The van der Waals surface area contributed by atoms with Gasteiger partial charge in [0.25, 0.3) is 0 Å². The maximum atomic E-state index is 12.3. The third kappa shape index (κ3) is 5.54. The van der Waals surface area contributed by atoms with E-state index in [9.17, 15) is 4.79 Å². The average Bonchev–Trinajstić information content (AvgIpc) is 2.96. The number of hydrogen-bond acceptors (Lipinski definition) is 3. The van der Waals surface area contributed by atoms with Gasteiger partial charge in [-0.2, -0.15) is 0 Å². The summed E-state index contributed by atoms with van der Waals surface area (Å²) in [5.41, 5.74) is 1.99. The van der Waals surface area contributed by atoms with Crippen LogP contribution in [0.25, 0.3) is 0 Å². The van der Waals surface area contributed by atoms with Gasteiger partial charge in [0.15, 0.2) is 0 Å². The van der Waals surface area contributed by atoms with Gasteiger partial charge in [0.05, 0.1) is 6.54 Å². The number of carbonyl (C=O) groups excluding carboxylic acids is 1. The van der Waals surface area contributed by atoms with Gasteiger partial charge < -0.3 is 10.6 Å². The van der Waals surface area contributed by atoms with Crippen molar-refractivity contribution in [3.05, 3.63) is 28.2 Å². The number of carbonyl (C=O) groups is 1. The van der Waals surface area contributed by atoms with Crippen LogP contribution in [0.1, 0.15) is 25.3 Å². The standard InChI is InChI=1S/C16H24BrN3O.ClH/c1-3-8-20(14-6-7-18-10-14)11-16(21)19-13-4-5-15(17)12(2)9-13;/h4-5,9,14,18H,3,6-8,10-11H2,1-2H3,(H,19,21);1H. The Labute approximate surface area is 147 Å². The van der Waals surface area contributed by atoms with E-state index < -0.39 is 0 Å². The van der Waals surface area contributed by atoms with Gasteiger partial charge in [-0.05, 0) is 56.6 Å². The Hall–Kier alpha value is -0.620. The summed E-state index contributed by atoms with van der Waals surface area (Å²) in [6.07, 6.45) is 2.20. The molecule has 0 saturated carbocycles. The van der Waals surface area contributed by atoms with Crippen LogP contribution in [0.3, 0.4) is 0 Å². The van der Waals surface area contributed by atoms with Gasteiger partial charge in [0.1, 0.15) is 0 Å². The van der Waals surface area contributed by atoms with Gasteiger partial charge in [-0.15, -0.1) is 12.4 Å². The topological polar surface area (TPSA) is 44.4 Å². The molecule has 2 N–H and O–H groups in total. The summed E-state index contributed by atoms with van der Waals surface area (Å²) in [6, 6.07) is 6.37. The van der Waals surface area contributed by atoms with Crippen molar-refractivity contribution in [2.24, 2.45) is 0 Å². The number of amides is 1. The Balaban J connectivity index is 0.00000242. The molecule has 0 spiro atoms. The number of benzene rings is 1. The van der Waals surface area contributed by atoms with Gasteiger partial charge in [0.2, 0.25) is 5.91 Å². The third-order valence-corrected chi connectivity index (χ3v) is 4.74. The van der Waals surface area contributed by atoms with E-state index in [4.69, 9.17) is 0 Å². The van der Waals surface area contributed by atoms with Crippen LogP contribution in [0, 0.1) is 6.92 Å². The largest absolute Gasteiger partial charge is 0.325 e. The second-order valence-corrected chi connectivity index (χ2v) is 6.48. The van der Waals surface area contributed by atoms with E-state index in [2.05, 4.69) is 38.4 Å². The van der Waals surface area contributed by atoms with Crippen molar-refractivity contribution in [1.82, 2.24) is 10.2 Å². The molecular formula is C16H25BrClN3O. The third-order valence-electron chi connectivity index (χ3n) is 3.85. The summed E-state index contributed by atoms with van der Waals surface area (Å²) in [5.74, 6) is 0.0667. The van der Waals surface area contributed by atoms with Gasteiger partial charge in [-0.1, -0.05) is 22.9 Å². The second kappa shape index (κ2) is 9.50. The van der Waals surface area contributed by atoms with E-state index in [1.54, 1.807) is 0 Å². The molecule has 1 aromatic rings. The zero-order valence-electron chi connectivity index (χ0n) is 13.2. The first kappa shape index (κ1) is 19.4. The first-order valence-corrected chi connectivity index (χ1v) is 8.40. The highest BCUT2D eigenvalue weighted by Crippen LogP contribution is 2.20. The second-order valence-electron chi connectivity index (χ2n) is 5.63. The molecule has 124 valence electrons. The number of halogens is 2. The predicted octanol–water partition coefficient (Wildman–Crippen LogP) is 3.19. The molecule has 1 saturated heterocycles. The first-order chi connectivity index (χ1) is 10.1. The number of nitrogens with one attached hydrogen (secondary N) is 2. The van der Waals surface area contributed by atoms with E-state index in [1.165, 1.54) is 0 Å². The lowest BCUT2D eigenvalue weighted by atomic mass is 10.2. The summed E-state index contributed by atoms with van der Waals surface area (Å²) in [5, 5.41) is 6.37. The molecule has 1 aliphatic heterocycles. The molecule has 22 heavy (non-hydrogen) atoms. The summed E-state index contributed by atoms with van der Waals surface area (Å²) in [4.78, 5) is 14.6. The SMILES string of the molecule is CCCN(CC(=O)Nc1ccc(Br)c(C)c1)C1CCNC1.Cl. The fourth-order valence-electron chi connectivity index (χ4n) is 2.74. The molecular weight excluding hydrogens is 366 g/mol. The zero-order valence-corrected chi connectivity index (χ0v) is 15.6. The van der Waals surface area contributed by atoms with Crippen molar-refractivity contribution in [2.45, 2.75) is 32.7 Å². The van der Waals surface area contributed by atoms with Crippen molar-refractivity contribution in [3.63, 3.8) is 0 Å². The van der Waals surface area contributed by atoms with E-state index in [0.717, 1.165) is 48.2 Å². The maximum Gasteiger partial charge on any atom is 0.238 e. The van der Waals surface area contributed by atoms with Gasteiger partial charge >= 0.3 is 0 Å². The molecule has 1 amide bonds. The van der Waals surface area contributed by atoms with Crippen LogP contribution in [0.4, 0.5) is 5.69 Å². The lowest BCUT2D eigenvalue weighted by Gasteiger charge is -2.27. The summed E-state index contributed by atoms with van der Waals surface area (Å²) in [6.45, 7) is 7.66. The Morgan fingerprint density at radius 3 is 2.86 bits per heavy atom. The molecule has 2 rings (SSSR count). The van der Waals surface area contributed by atoms with Crippen LogP contribution >= 0.6 is 28.3 Å². The van der Waals surface area contributed by atoms with E-state index in [1.807, 2.05) is 25.1 Å². The Kier molecular flexibility index (Phi) is 8.39. The number of aryl methyl sites for hydroxylation is 1.